The van der Waals surface area contributed by atoms with Crippen molar-refractivity contribution in [3.8, 4) is 11.4 Å². The van der Waals surface area contributed by atoms with E-state index in [0.717, 1.165) is 45.5 Å². The molecular formula is C29H31N3O4. The molecule has 1 aromatic heterocycles. The monoisotopic (exact) mass is 485 g/mol. The van der Waals surface area contributed by atoms with Gasteiger partial charge in [-0.15, -0.1) is 0 Å². The van der Waals surface area contributed by atoms with Crippen molar-refractivity contribution >= 4 is 22.8 Å². The molecular weight excluding hydrogens is 454 g/mol. The number of amides is 1. The number of ether oxygens (including phenoxy) is 1. The Kier molecular flexibility index (Phi) is 7.68. The minimum atomic E-state index is -0.502. The lowest BCUT2D eigenvalue weighted by molar-refractivity contribution is -0.148. The third-order valence-corrected chi connectivity index (χ3v) is 6.04. The van der Waals surface area contributed by atoms with Crippen molar-refractivity contribution < 1.29 is 19.2 Å². The summed E-state index contributed by atoms with van der Waals surface area (Å²) < 4.78 is 8.39. The smallest absolute Gasteiger partial charge is 0.331 e. The third-order valence-electron chi connectivity index (χ3n) is 6.04. The molecule has 186 valence electrons. The molecule has 0 fully saturated rings. The van der Waals surface area contributed by atoms with E-state index in [4.69, 9.17) is 14.7 Å². The second-order valence-electron chi connectivity index (χ2n) is 8.78. The molecule has 1 amide bonds. The molecule has 0 radical (unpaired) electrons. The largest absolute Gasteiger partial charge is 0.486 e. The average Bonchev–Trinajstić information content (AvgIpc) is 3.30. The second kappa shape index (κ2) is 11.1. The summed E-state index contributed by atoms with van der Waals surface area (Å²) in [5, 5.41) is 5.82. The molecule has 0 bridgehead atoms. The summed E-state index contributed by atoms with van der Waals surface area (Å²) in [5.74, 6) is -0.264. The molecule has 0 saturated heterocycles. The molecule has 1 atom stereocenters. The number of fused-ring (bicyclic) bond motifs is 1. The van der Waals surface area contributed by atoms with Gasteiger partial charge in [0.25, 0.3) is 5.91 Å². The second-order valence-corrected chi connectivity index (χ2v) is 8.78. The predicted octanol–water partition coefficient (Wildman–Crippen LogP) is 6.16. The van der Waals surface area contributed by atoms with Crippen LogP contribution in [0.3, 0.4) is 0 Å². The summed E-state index contributed by atoms with van der Waals surface area (Å²) in [6, 6.07) is 19.3. The Hall–Kier alpha value is -4.13. The van der Waals surface area contributed by atoms with Crippen LogP contribution < -0.4 is 10.2 Å². The maximum absolute atomic E-state index is 12.8. The Morgan fingerprint density at radius 1 is 1.00 bits per heavy atom. The van der Waals surface area contributed by atoms with Crippen molar-refractivity contribution in [2.75, 3.05) is 0 Å². The molecule has 1 heterocycles. The molecule has 0 aliphatic heterocycles. The van der Waals surface area contributed by atoms with Gasteiger partial charge in [0.15, 0.2) is 0 Å². The zero-order valence-corrected chi connectivity index (χ0v) is 21.1. The lowest BCUT2D eigenvalue weighted by Crippen LogP contribution is -2.28. The highest BCUT2D eigenvalue weighted by molar-refractivity contribution is 5.95. The van der Waals surface area contributed by atoms with Crippen molar-refractivity contribution in [3.63, 3.8) is 0 Å². The number of rotatable bonds is 8. The number of nitrogens with one attached hydrogen (secondary N) is 1. The summed E-state index contributed by atoms with van der Waals surface area (Å²) in [7, 11) is 0. The Morgan fingerprint density at radius 2 is 1.69 bits per heavy atom. The van der Waals surface area contributed by atoms with Gasteiger partial charge in [-0.05, 0) is 55.7 Å². The van der Waals surface area contributed by atoms with Gasteiger partial charge in [0.05, 0.1) is 11.2 Å². The van der Waals surface area contributed by atoms with Crippen molar-refractivity contribution in [1.82, 2.24) is 15.3 Å². The Morgan fingerprint density at radius 3 is 2.39 bits per heavy atom. The molecule has 7 heteroatoms. The van der Waals surface area contributed by atoms with E-state index >= 15 is 0 Å². The summed E-state index contributed by atoms with van der Waals surface area (Å²) in [5.41, 5.74) is 7.43. The zero-order chi connectivity index (χ0) is 25.7. The van der Waals surface area contributed by atoms with Gasteiger partial charge in [-0.2, -0.15) is 10.6 Å². The van der Waals surface area contributed by atoms with Crippen LogP contribution in [0.25, 0.3) is 16.6 Å². The number of benzene rings is 3. The van der Waals surface area contributed by atoms with E-state index in [1.165, 1.54) is 0 Å². The van der Waals surface area contributed by atoms with Crippen LogP contribution in [0.1, 0.15) is 66.3 Å². The van der Waals surface area contributed by atoms with Crippen LogP contribution in [0.5, 0.6) is 5.75 Å². The zero-order valence-electron chi connectivity index (χ0n) is 21.1. The Labute approximate surface area is 211 Å². The van der Waals surface area contributed by atoms with Gasteiger partial charge in [0, 0.05) is 29.1 Å². The molecule has 0 saturated carbocycles. The average molecular weight is 486 g/mol. The fourth-order valence-electron chi connectivity index (χ4n) is 4.34. The van der Waals surface area contributed by atoms with Gasteiger partial charge >= 0.3 is 5.97 Å². The Bertz CT molecular complexity index is 1340. The number of carbonyl (C=O) groups excluding carboxylic acids is 2. The maximum atomic E-state index is 12.8. The van der Waals surface area contributed by atoms with Gasteiger partial charge < -0.3 is 9.57 Å². The summed E-state index contributed by atoms with van der Waals surface area (Å²) in [4.78, 5) is 29.1. The van der Waals surface area contributed by atoms with Crippen LogP contribution in [-0.4, -0.2) is 21.7 Å². The molecule has 0 spiro atoms. The number of hydroxylamine groups is 1. The number of hydrogen-bond acceptors (Lipinski definition) is 5. The van der Waals surface area contributed by atoms with E-state index in [1.807, 2.05) is 73.3 Å². The number of hydrogen-bond donors (Lipinski definition) is 1. The molecule has 4 aromatic rings. The van der Waals surface area contributed by atoms with E-state index in [0.29, 0.717) is 12.0 Å². The maximum Gasteiger partial charge on any atom is 0.331 e. The van der Waals surface area contributed by atoms with Crippen LogP contribution in [0.2, 0.25) is 0 Å². The van der Waals surface area contributed by atoms with E-state index in [9.17, 15) is 9.59 Å². The van der Waals surface area contributed by atoms with E-state index in [1.54, 1.807) is 19.1 Å². The third kappa shape index (κ3) is 5.40. The van der Waals surface area contributed by atoms with E-state index in [-0.39, 0.29) is 12.5 Å². The number of nitrogens with zero attached hydrogens (tertiary/aromatic N) is 2. The highest BCUT2D eigenvalue weighted by Gasteiger charge is 2.22. The van der Waals surface area contributed by atoms with E-state index in [2.05, 4.69) is 12.4 Å². The first-order valence-corrected chi connectivity index (χ1v) is 12.2. The van der Waals surface area contributed by atoms with Crippen molar-refractivity contribution in [3.05, 3.63) is 89.1 Å². The summed E-state index contributed by atoms with van der Waals surface area (Å²) >= 11 is 0. The SMILES string of the molecule is CCC[C@H](Oc1cc(C)c(-n2cc3ccccc3n2)c(C)c1)c1ccccc1C(=O)NOC(=O)CC. The fraction of sp³-hybridized carbons (Fsp3) is 0.276. The number of aryl methyl sites for hydroxylation is 2. The highest BCUT2D eigenvalue weighted by Crippen LogP contribution is 2.32. The van der Waals surface area contributed by atoms with Crippen LogP contribution in [0, 0.1) is 13.8 Å². The van der Waals surface area contributed by atoms with Gasteiger partial charge in [-0.3, -0.25) is 4.79 Å². The van der Waals surface area contributed by atoms with Gasteiger partial charge in [0.1, 0.15) is 11.9 Å². The first-order valence-electron chi connectivity index (χ1n) is 12.2. The summed E-state index contributed by atoms with van der Waals surface area (Å²) in [6.07, 6.45) is 3.43. The van der Waals surface area contributed by atoms with Gasteiger partial charge in [-0.1, -0.05) is 56.7 Å². The molecule has 0 unspecified atom stereocenters. The van der Waals surface area contributed by atoms with Gasteiger partial charge in [-0.25, -0.2) is 9.48 Å². The van der Waals surface area contributed by atoms with Crippen LogP contribution in [0.4, 0.5) is 0 Å². The molecule has 3 aromatic carbocycles. The lowest BCUT2D eigenvalue weighted by Gasteiger charge is -2.23. The predicted molar refractivity (Wildman–Crippen MR) is 139 cm³/mol. The minimum absolute atomic E-state index is 0.173. The van der Waals surface area contributed by atoms with Gasteiger partial charge in [0.2, 0.25) is 0 Å². The molecule has 7 nitrogen and oxygen atoms in total. The van der Waals surface area contributed by atoms with Crippen molar-refractivity contribution in [2.24, 2.45) is 0 Å². The molecule has 4 rings (SSSR count). The quantitative estimate of drug-likeness (QED) is 0.302. The standard InChI is InChI=1S/C29H31N3O4/c1-5-11-26(23-13-8-9-14-24(23)29(34)31-36-27(33)6-2)35-22-16-19(3)28(20(4)17-22)32-18-21-12-7-10-15-25(21)30-32/h7-10,12-18,26H,5-6,11H2,1-4H3,(H,31,34)/t26-/m0/s1. The number of aromatic nitrogens is 2. The Balaban J connectivity index is 1.62. The van der Waals surface area contributed by atoms with Crippen molar-refractivity contribution in [2.45, 2.75) is 53.1 Å². The normalized spacial score (nSPS) is 11.8. The fourth-order valence-corrected chi connectivity index (χ4v) is 4.34. The first kappa shape index (κ1) is 25.0. The first-order chi connectivity index (χ1) is 17.4. The topological polar surface area (TPSA) is 82.5 Å². The number of carbonyl (C=O) groups is 2. The molecule has 0 aliphatic carbocycles. The van der Waals surface area contributed by atoms with Crippen LogP contribution >= 0.6 is 0 Å². The highest BCUT2D eigenvalue weighted by atomic mass is 16.7. The van der Waals surface area contributed by atoms with Crippen molar-refractivity contribution in [1.29, 1.82) is 0 Å². The van der Waals surface area contributed by atoms with Crippen LogP contribution in [-0.2, 0) is 9.63 Å². The molecule has 1 N–H and O–H groups in total. The summed E-state index contributed by atoms with van der Waals surface area (Å²) in [6.45, 7) is 7.82. The minimum Gasteiger partial charge on any atom is -0.486 e. The molecule has 36 heavy (non-hydrogen) atoms. The van der Waals surface area contributed by atoms with E-state index < -0.39 is 11.9 Å². The lowest BCUT2D eigenvalue weighted by atomic mass is 9.98. The van der Waals surface area contributed by atoms with Crippen LogP contribution in [0.15, 0.2) is 66.9 Å². The molecule has 0 aliphatic rings.